The van der Waals surface area contributed by atoms with Crippen LogP contribution in [0.2, 0.25) is 0 Å². The maximum Gasteiger partial charge on any atom is 0.131 e. The first-order valence-corrected chi connectivity index (χ1v) is 7.34. The minimum atomic E-state index is 0.489. The van der Waals surface area contributed by atoms with Crippen LogP contribution in [-0.4, -0.2) is 16.5 Å². The Morgan fingerprint density at radius 1 is 0.944 bits per heavy atom. The third kappa shape index (κ3) is 2.16. The lowest BCUT2D eigenvalue weighted by Crippen LogP contribution is -2.18. The standard InChI is InChI=1S/C15H23N3/c1-10-14(13-8-5-9-16-13)11(2)18-15(17-10)12-6-3-4-7-12/h12-13,16H,3-9H2,1-2H3. The molecule has 1 saturated carbocycles. The molecule has 0 bridgehead atoms. The quantitative estimate of drug-likeness (QED) is 0.869. The highest BCUT2D eigenvalue weighted by atomic mass is 15.0. The van der Waals surface area contributed by atoms with Crippen LogP contribution in [0.4, 0.5) is 0 Å². The van der Waals surface area contributed by atoms with Crippen molar-refractivity contribution in [1.29, 1.82) is 0 Å². The second kappa shape index (κ2) is 4.96. The highest BCUT2D eigenvalue weighted by Crippen LogP contribution is 2.34. The molecule has 2 heterocycles. The fourth-order valence-corrected chi connectivity index (χ4v) is 3.55. The minimum Gasteiger partial charge on any atom is -0.310 e. The number of nitrogens with one attached hydrogen (secondary N) is 1. The molecule has 1 aliphatic heterocycles. The van der Waals surface area contributed by atoms with E-state index in [-0.39, 0.29) is 0 Å². The van der Waals surface area contributed by atoms with E-state index in [0.717, 1.165) is 12.4 Å². The Bertz CT molecular complexity index is 406. The van der Waals surface area contributed by atoms with Crippen LogP contribution in [0.5, 0.6) is 0 Å². The first-order valence-electron chi connectivity index (χ1n) is 7.34. The molecule has 0 amide bonds. The van der Waals surface area contributed by atoms with Gasteiger partial charge in [-0.3, -0.25) is 0 Å². The van der Waals surface area contributed by atoms with E-state index in [1.807, 2.05) is 0 Å². The normalized spacial score (nSPS) is 24.9. The van der Waals surface area contributed by atoms with Crippen molar-refractivity contribution in [1.82, 2.24) is 15.3 Å². The van der Waals surface area contributed by atoms with Crippen molar-refractivity contribution in [2.45, 2.75) is 64.3 Å². The number of aryl methyl sites for hydroxylation is 2. The van der Waals surface area contributed by atoms with Gasteiger partial charge in [-0.25, -0.2) is 9.97 Å². The van der Waals surface area contributed by atoms with E-state index >= 15 is 0 Å². The van der Waals surface area contributed by atoms with E-state index in [2.05, 4.69) is 19.2 Å². The Hall–Kier alpha value is -0.960. The third-order valence-corrected chi connectivity index (χ3v) is 4.47. The van der Waals surface area contributed by atoms with Crippen LogP contribution in [0, 0.1) is 13.8 Å². The van der Waals surface area contributed by atoms with Gasteiger partial charge in [-0.2, -0.15) is 0 Å². The molecule has 1 N–H and O–H groups in total. The molecule has 1 aliphatic carbocycles. The van der Waals surface area contributed by atoms with E-state index in [4.69, 9.17) is 9.97 Å². The van der Waals surface area contributed by atoms with Crippen molar-refractivity contribution >= 4 is 0 Å². The highest BCUT2D eigenvalue weighted by Gasteiger charge is 2.25. The first-order chi connectivity index (χ1) is 8.75. The van der Waals surface area contributed by atoms with Crippen LogP contribution >= 0.6 is 0 Å². The monoisotopic (exact) mass is 245 g/mol. The predicted molar refractivity (Wildman–Crippen MR) is 72.7 cm³/mol. The zero-order valence-electron chi connectivity index (χ0n) is 11.5. The Morgan fingerprint density at radius 3 is 2.17 bits per heavy atom. The van der Waals surface area contributed by atoms with Gasteiger partial charge in [0.25, 0.3) is 0 Å². The second-order valence-electron chi connectivity index (χ2n) is 5.80. The van der Waals surface area contributed by atoms with Crippen molar-refractivity contribution < 1.29 is 0 Å². The molecule has 3 nitrogen and oxygen atoms in total. The van der Waals surface area contributed by atoms with Gasteiger partial charge in [0.15, 0.2) is 0 Å². The Labute approximate surface area is 109 Å². The van der Waals surface area contributed by atoms with Crippen molar-refractivity contribution in [2.75, 3.05) is 6.54 Å². The SMILES string of the molecule is Cc1nc(C2CCCC2)nc(C)c1C1CCCN1. The highest BCUT2D eigenvalue weighted by molar-refractivity contribution is 5.29. The molecule has 0 radical (unpaired) electrons. The fraction of sp³-hybridized carbons (Fsp3) is 0.733. The molecular weight excluding hydrogens is 222 g/mol. The van der Waals surface area contributed by atoms with Crippen molar-refractivity contribution in [3.05, 3.63) is 22.8 Å². The lowest BCUT2D eigenvalue weighted by molar-refractivity contribution is 0.609. The average molecular weight is 245 g/mol. The summed E-state index contributed by atoms with van der Waals surface area (Å²) in [6.45, 7) is 5.44. The van der Waals surface area contributed by atoms with Gasteiger partial charge in [0.2, 0.25) is 0 Å². The molecule has 2 aliphatic rings. The van der Waals surface area contributed by atoms with Crippen LogP contribution in [0.15, 0.2) is 0 Å². The summed E-state index contributed by atoms with van der Waals surface area (Å²) >= 11 is 0. The van der Waals surface area contributed by atoms with E-state index in [0.29, 0.717) is 12.0 Å². The summed E-state index contributed by atoms with van der Waals surface area (Å²) in [5, 5.41) is 3.56. The minimum absolute atomic E-state index is 0.489. The molecule has 98 valence electrons. The van der Waals surface area contributed by atoms with Gasteiger partial charge in [-0.05, 0) is 46.1 Å². The largest absolute Gasteiger partial charge is 0.310 e. The van der Waals surface area contributed by atoms with Gasteiger partial charge in [-0.1, -0.05) is 12.8 Å². The van der Waals surface area contributed by atoms with Gasteiger partial charge in [0.05, 0.1) is 0 Å². The number of hydrogen-bond donors (Lipinski definition) is 1. The molecule has 18 heavy (non-hydrogen) atoms. The van der Waals surface area contributed by atoms with Gasteiger partial charge in [0, 0.05) is 28.9 Å². The molecule has 1 aromatic heterocycles. The molecule has 1 saturated heterocycles. The molecule has 0 spiro atoms. The fourth-order valence-electron chi connectivity index (χ4n) is 3.55. The smallest absolute Gasteiger partial charge is 0.131 e. The topological polar surface area (TPSA) is 37.8 Å². The Balaban J connectivity index is 1.92. The molecule has 3 heteroatoms. The first kappa shape index (κ1) is 12.1. The Morgan fingerprint density at radius 2 is 1.61 bits per heavy atom. The van der Waals surface area contributed by atoms with Crippen LogP contribution in [0.1, 0.15) is 73.3 Å². The molecule has 2 fully saturated rings. The summed E-state index contributed by atoms with van der Waals surface area (Å²) in [4.78, 5) is 9.62. The van der Waals surface area contributed by atoms with E-state index < -0.39 is 0 Å². The number of rotatable bonds is 2. The number of nitrogens with zero attached hydrogens (tertiary/aromatic N) is 2. The van der Waals surface area contributed by atoms with Gasteiger partial charge in [0.1, 0.15) is 5.82 Å². The summed E-state index contributed by atoms with van der Waals surface area (Å²) in [7, 11) is 0. The van der Waals surface area contributed by atoms with Crippen molar-refractivity contribution in [3.8, 4) is 0 Å². The van der Waals surface area contributed by atoms with E-state index in [9.17, 15) is 0 Å². The van der Waals surface area contributed by atoms with Crippen molar-refractivity contribution in [3.63, 3.8) is 0 Å². The van der Waals surface area contributed by atoms with Crippen LogP contribution in [0.3, 0.4) is 0 Å². The van der Waals surface area contributed by atoms with Gasteiger partial charge >= 0.3 is 0 Å². The van der Waals surface area contributed by atoms with Gasteiger partial charge < -0.3 is 5.32 Å². The lowest BCUT2D eigenvalue weighted by atomic mass is 10.0. The van der Waals surface area contributed by atoms with Crippen molar-refractivity contribution in [2.24, 2.45) is 0 Å². The zero-order valence-corrected chi connectivity index (χ0v) is 11.5. The maximum atomic E-state index is 4.81. The predicted octanol–water partition coefficient (Wildman–Crippen LogP) is 3.18. The summed E-state index contributed by atoms with van der Waals surface area (Å²) < 4.78 is 0. The molecule has 0 aromatic carbocycles. The summed E-state index contributed by atoms with van der Waals surface area (Å²) in [5.74, 6) is 1.72. The van der Waals surface area contributed by atoms with E-state index in [1.54, 1.807) is 0 Å². The molecule has 1 atom stereocenters. The van der Waals surface area contributed by atoms with Crippen LogP contribution < -0.4 is 5.32 Å². The second-order valence-corrected chi connectivity index (χ2v) is 5.80. The number of aromatic nitrogens is 2. The third-order valence-electron chi connectivity index (χ3n) is 4.47. The van der Waals surface area contributed by atoms with E-state index in [1.165, 1.54) is 55.5 Å². The lowest BCUT2D eigenvalue weighted by Gasteiger charge is -2.18. The zero-order chi connectivity index (χ0) is 12.5. The maximum absolute atomic E-state index is 4.81. The van der Waals surface area contributed by atoms with Crippen LogP contribution in [-0.2, 0) is 0 Å². The molecule has 1 aromatic rings. The molecular formula is C15H23N3. The molecule has 3 rings (SSSR count). The van der Waals surface area contributed by atoms with Gasteiger partial charge in [-0.15, -0.1) is 0 Å². The number of hydrogen-bond acceptors (Lipinski definition) is 3. The van der Waals surface area contributed by atoms with Crippen LogP contribution in [0.25, 0.3) is 0 Å². The average Bonchev–Trinajstić information content (AvgIpc) is 3.01. The summed E-state index contributed by atoms with van der Waals surface area (Å²) in [6, 6.07) is 0.489. The Kier molecular flexibility index (Phi) is 3.33. The molecule has 1 unspecified atom stereocenters. The summed E-state index contributed by atoms with van der Waals surface area (Å²) in [6.07, 6.45) is 7.75. The summed E-state index contributed by atoms with van der Waals surface area (Å²) in [5.41, 5.74) is 3.75.